The summed E-state index contributed by atoms with van der Waals surface area (Å²) in [5.41, 5.74) is 0.430. The van der Waals surface area contributed by atoms with Crippen molar-refractivity contribution in [3.8, 4) is 5.75 Å². The Hall–Kier alpha value is -3.19. The molecule has 0 bridgehead atoms. The third kappa shape index (κ3) is 4.77. The quantitative estimate of drug-likeness (QED) is 0.397. The summed E-state index contributed by atoms with van der Waals surface area (Å²) in [5.74, 6) is -1.80. The van der Waals surface area contributed by atoms with E-state index in [4.69, 9.17) is 4.74 Å². The fourth-order valence-corrected chi connectivity index (χ4v) is 3.72. The first kappa shape index (κ1) is 22.5. The maximum atomic E-state index is 14.7. The molecular weight excluding hydrogens is 399 g/mol. The molecule has 2 aromatic rings. The highest BCUT2D eigenvalue weighted by molar-refractivity contribution is 6.46. The molecule has 0 unspecified atom stereocenters. The van der Waals surface area contributed by atoms with Gasteiger partial charge in [0.05, 0.1) is 18.2 Å². The number of carbonyl (C=O) groups excluding carboxylic acids is 2. The zero-order valence-corrected chi connectivity index (χ0v) is 18.0. The second-order valence-electron chi connectivity index (χ2n) is 7.63. The molecule has 0 radical (unpaired) electrons. The summed E-state index contributed by atoms with van der Waals surface area (Å²) in [5, 5.41) is 11.0. The van der Waals surface area contributed by atoms with Crippen molar-refractivity contribution in [2.24, 2.45) is 0 Å². The second kappa shape index (κ2) is 9.75. The molecule has 1 atom stereocenters. The first-order valence-electron chi connectivity index (χ1n) is 10.3. The molecule has 0 spiro atoms. The van der Waals surface area contributed by atoms with E-state index in [1.807, 2.05) is 25.9 Å². The molecule has 1 aliphatic rings. The van der Waals surface area contributed by atoms with Gasteiger partial charge >= 0.3 is 0 Å². The molecule has 31 heavy (non-hydrogen) atoms. The number of ether oxygens (including phenoxy) is 1. The van der Waals surface area contributed by atoms with Crippen LogP contribution in [0.2, 0.25) is 0 Å². The van der Waals surface area contributed by atoms with Gasteiger partial charge in [-0.15, -0.1) is 0 Å². The van der Waals surface area contributed by atoms with Crippen LogP contribution in [-0.2, 0) is 9.59 Å². The number of likely N-dealkylation sites (tertiary alicyclic amines) is 1. The van der Waals surface area contributed by atoms with E-state index >= 15 is 0 Å². The SMILES string of the molecule is CCOc1ccc(C(O)=C2C(=O)C(=O)N(CCCN(C)C)[C@@H]2c2ccccc2F)cc1. The molecule has 164 valence electrons. The number of aliphatic hydroxyl groups excluding tert-OH is 1. The van der Waals surface area contributed by atoms with Gasteiger partial charge in [-0.3, -0.25) is 9.59 Å². The van der Waals surface area contributed by atoms with Gasteiger partial charge in [-0.1, -0.05) is 18.2 Å². The standard InChI is InChI=1S/C24H27FN2O4/c1-4-31-17-12-10-16(11-13-17)22(28)20-21(18-8-5-6-9-19(18)25)27(24(30)23(20)29)15-7-14-26(2)3/h5-6,8-13,21,28H,4,7,14-15H2,1-3H3/t21-/m1/s1. The number of hydrogen-bond donors (Lipinski definition) is 1. The summed E-state index contributed by atoms with van der Waals surface area (Å²) < 4.78 is 20.1. The summed E-state index contributed by atoms with van der Waals surface area (Å²) >= 11 is 0. The Morgan fingerprint density at radius 3 is 2.42 bits per heavy atom. The van der Waals surface area contributed by atoms with Crippen molar-refractivity contribution < 1.29 is 23.8 Å². The third-order valence-corrected chi connectivity index (χ3v) is 5.18. The topological polar surface area (TPSA) is 70.1 Å². The first-order valence-corrected chi connectivity index (χ1v) is 10.3. The van der Waals surface area contributed by atoms with Gasteiger partial charge in [-0.05, 0) is 64.3 Å². The van der Waals surface area contributed by atoms with Crippen LogP contribution in [0.3, 0.4) is 0 Å². The van der Waals surface area contributed by atoms with Crippen molar-refractivity contribution >= 4 is 17.4 Å². The highest BCUT2D eigenvalue weighted by atomic mass is 19.1. The van der Waals surface area contributed by atoms with Crippen molar-refractivity contribution in [2.75, 3.05) is 33.8 Å². The third-order valence-electron chi connectivity index (χ3n) is 5.18. The van der Waals surface area contributed by atoms with Gasteiger partial charge in [0.15, 0.2) is 0 Å². The molecule has 7 heteroatoms. The number of amides is 1. The van der Waals surface area contributed by atoms with Gasteiger partial charge in [0.2, 0.25) is 0 Å². The Morgan fingerprint density at radius 2 is 1.81 bits per heavy atom. The molecule has 6 nitrogen and oxygen atoms in total. The van der Waals surface area contributed by atoms with Crippen molar-refractivity contribution in [2.45, 2.75) is 19.4 Å². The molecule has 1 N–H and O–H groups in total. The Labute approximate surface area is 181 Å². The molecule has 0 aromatic heterocycles. The average molecular weight is 426 g/mol. The number of aliphatic hydroxyl groups is 1. The van der Waals surface area contributed by atoms with Crippen LogP contribution in [0, 0.1) is 5.82 Å². The molecule has 0 saturated carbocycles. The van der Waals surface area contributed by atoms with Crippen LogP contribution in [0.5, 0.6) is 5.75 Å². The molecule has 1 aliphatic heterocycles. The Bertz CT molecular complexity index is 985. The molecule has 0 aliphatic carbocycles. The van der Waals surface area contributed by atoms with Crippen molar-refractivity contribution in [3.05, 3.63) is 71.0 Å². The van der Waals surface area contributed by atoms with E-state index in [1.54, 1.807) is 36.4 Å². The number of nitrogens with zero attached hydrogens (tertiary/aromatic N) is 2. The number of ketones is 1. The van der Waals surface area contributed by atoms with E-state index in [9.17, 15) is 19.1 Å². The minimum atomic E-state index is -0.991. The van der Waals surface area contributed by atoms with E-state index in [0.29, 0.717) is 30.9 Å². The van der Waals surface area contributed by atoms with Crippen LogP contribution in [0.4, 0.5) is 4.39 Å². The van der Waals surface area contributed by atoms with Gasteiger partial charge in [-0.2, -0.15) is 0 Å². The van der Waals surface area contributed by atoms with Crippen LogP contribution in [0.1, 0.15) is 30.5 Å². The Morgan fingerprint density at radius 1 is 1.13 bits per heavy atom. The molecule has 3 rings (SSSR count). The van der Waals surface area contributed by atoms with E-state index in [1.165, 1.54) is 17.0 Å². The summed E-state index contributed by atoms with van der Waals surface area (Å²) in [4.78, 5) is 29.1. The molecule has 1 amide bonds. The minimum Gasteiger partial charge on any atom is -0.507 e. The minimum absolute atomic E-state index is 0.107. The van der Waals surface area contributed by atoms with Gasteiger partial charge in [0.25, 0.3) is 11.7 Å². The maximum Gasteiger partial charge on any atom is 0.295 e. The first-order chi connectivity index (χ1) is 14.8. The van der Waals surface area contributed by atoms with Gasteiger partial charge in [0.1, 0.15) is 17.3 Å². The summed E-state index contributed by atoms with van der Waals surface area (Å²) in [6.07, 6.45) is 0.605. The number of halogens is 1. The van der Waals surface area contributed by atoms with Crippen LogP contribution in [0.15, 0.2) is 54.1 Å². The predicted molar refractivity (Wildman–Crippen MR) is 116 cm³/mol. The lowest BCUT2D eigenvalue weighted by molar-refractivity contribution is -0.140. The zero-order valence-electron chi connectivity index (χ0n) is 18.0. The highest BCUT2D eigenvalue weighted by Gasteiger charge is 2.46. The monoisotopic (exact) mass is 426 g/mol. The molecule has 1 saturated heterocycles. The molecule has 1 fully saturated rings. The zero-order chi connectivity index (χ0) is 22.5. The smallest absolute Gasteiger partial charge is 0.295 e. The van der Waals surface area contributed by atoms with E-state index in [0.717, 1.165) is 0 Å². The van der Waals surface area contributed by atoms with E-state index in [2.05, 4.69) is 0 Å². The molecule has 1 heterocycles. The lowest BCUT2D eigenvalue weighted by Crippen LogP contribution is -2.32. The van der Waals surface area contributed by atoms with E-state index < -0.39 is 23.5 Å². The molecule has 2 aromatic carbocycles. The van der Waals surface area contributed by atoms with Crippen molar-refractivity contribution in [1.29, 1.82) is 0 Å². The van der Waals surface area contributed by atoms with Gasteiger partial charge in [-0.25, -0.2) is 4.39 Å². The van der Waals surface area contributed by atoms with Gasteiger partial charge < -0.3 is 19.6 Å². The Balaban J connectivity index is 2.07. The Kier molecular flexibility index (Phi) is 7.07. The normalized spacial score (nSPS) is 18.1. The average Bonchev–Trinajstić information content (AvgIpc) is 2.99. The van der Waals surface area contributed by atoms with Crippen LogP contribution in [0.25, 0.3) is 5.76 Å². The lowest BCUT2D eigenvalue weighted by Gasteiger charge is -2.26. The summed E-state index contributed by atoms with van der Waals surface area (Å²) in [7, 11) is 3.82. The number of Topliss-reactive ketones (excluding diaryl/α,β-unsaturated/α-hetero) is 1. The number of carbonyl (C=O) groups is 2. The second-order valence-corrected chi connectivity index (χ2v) is 7.63. The van der Waals surface area contributed by atoms with Crippen LogP contribution >= 0.6 is 0 Å². The number of benzene rings is 2. The number of hydrogen-bond acceptors (Lipinski definition) is 5. The largest absolute Gasteiger partial charge is 0.507 e. The van der Waals surface area contributed by atoms with Crippen molar-refractivity contribution in [1.82, 2.24) is 9.80 Å². The van der Waals surface area contributed by atoms with Crippen LogP contribution < -0.4 is 4.74 Å². The fraction of sp³-hybridized carbons (Fsp3) is 0.333. The maximum absolute atomic E-state index is 14.7. The summed E-state index contributed by atoms with van der Waals surface area (Å²) in [6, 6.07) is 11.6. The predicted octanol–water partition coefficient (Wildman–Crippen LogP) is 3.60. The van der Waals surface area contributed by atoms with E-state index in [-0.39, 0.29) is 23.4 Å². The lowest BCUT2D eigenvalue weighted by atomic mass is 9.95. The number of rotatable bonds is 8. The van der Waals surface area contributed by atoms with Crippen molar-refractivity contribution in [3.63, 3.8) is 0 Å². The summed E-state index contributed by atoms with van der Waals surface area (Å²) in [6.45, 7) is 3.32. The van der Waals surface area contributed by atoms with Gasteiger partial charge in [0, 0.05) is 17.7 Å². The van der Waals surface area contributed by atoms with Crippen LogP contribution in [-0.4, -0.2) is 60.4 Å². The fourth-order valence-electron chi connectivity index (χ4n) is 3.72. The molecular formula is C24H27FN2O4. The highest BCUT2D eigenvalue weighted by Crippen LogP contribution is 2.40.